The molecule has 0 saturated heterocycles. The van der Waals surface area contributed by atoms with Crippen LogP contribution in [0.2, 0.25) is 0 Å². The summed E-state index contributed by atoms with van der Waals surface area (Å²) in [6.07, 6.45) is 0.0380. The Balaban J connectivity index is 1.68. The van der Waals surface area contributed by atoms with Gasteiger partial charge >= 0.3 is 5.97 Å². The van der Waals surface area contributed by atoms with E-state index in [1.165, 1.54) is 0 Å². The predicted octanol–water partition coefficient (Wildman–Crippen LogP) is 5.99. The molecule has 3 rings (SSSR count). The third-order valence-electron chi connectivity index (χ3n) is 4.98. The third-order valence-corrected chi connectivity index (χ3v) is 6.02. The van der Waals surface area contributed by atoms with Crippen molar-refractivity contribution < 1.29 is 28.6 Å². The molecule has 0 aliphatic heterocycles. The molecule has 35 heavy (non-hydrogen) atoms. The average Bonchev–Trinajstić information content (AvgIpc) is 3.28. The molecule has 0 unspecified atom stereocenters. The number of carbonyl (C=O) groups is 3. The number of benzene rings is 2. The SMILES string of the molecule is CCOC(=O)c1sc(NC(=O)CCC(=O)c2ccc(OCC)c(OCC)c2)cc1-c1ccccc1. The van der Waals surface area contributed by atoms with Gasteiger partial charge in [-0.3, -0.25) is 9.59 Å². The van der Waals surface area contributed by atoms with Gasteiger partial charge in [0.1, 0.15) is 4.88 Å². The van der Waals surface area contributed by atoms with Crippen LogP contribution in [0.15, 0.2) is 54.6 Å². The molecule has 0 radical (unpaired) electrons. The van der Waals surface area contributed by atoms with E-state index >= 15 is 0 Å². The molecular formula is C27H29NO6S. The molecule has 8 heteroatoms. The van der Waals surface area contributed by atoms with Gasteiger partial charge in [0.15, 0.2) is 17.3 Å². The molecule has 1 amide bonds. The molecule has 184 valence electrons. The van der Waals surface area contributed by atoms with Crippen LogP contribution in [0.5, 0.6) is 11.5 Å². The molecule has 0 aliphatic carbocycles. The standard InChI is InChI=1S/C27H29NO6S/c1-4-32-22-14-12-19(16-23(22)33-5-2)21(29)13-15-24(30)28-25-17-20(18-10-8-7-9-11-18)26(35-25)27(31)34-6-3/h7-12,14,16-17H,4-6,13,15H2,1-3H3,(H,28,30). The van der Waals surface area contributed by atoms with E-state index in [-0.39, 0.29) is 31.1 Å². The highest BCUT2D eigenvalue weighted by Gasteiger charge is 2.20. The maximum absolute atomic E-state index is 12.7. The number of amides is 1. The molecule has 0 bridgehead atoms. The Morgan fingerprint density at radius 1 is 0.829 bits per heavy atom. The zero-order valence-electron chi connectivity index (χ0n) is 20.1. The number of nitrogens with one attached hydrogen (secondary N) is 1. The molecule has 0 fully saturated rings. The van der Waals surface area contributed by atoms with Crippen LogP contribution in [0.4, 0.5) is 5.00 Å². The van der Waals surface area contributed by atoms with Crippen molar-refractivity contribution in [3.63, 3.8) is 0 Å². The van der Waals surface area contributed by atoms with Crippen molar-refractivity contribution >= 4 is 34.0 Å². The molecule has 0 atom stereocenters. The second-order valence-electron chi connectivity index (χ2n) is 7.44. The van der Waals surface area contributed by atoms with Gasteiger partial charge in [-0.15, -0.1) is 11.3 Å². The first kappa shape index (κ1) is 26.0. The first-order chi connectivity index (χ1) is 17.0. The minimum Gasteiger partial charge on any atom is -0.490 e. The van der Waals surface area contributed by atoms with E-state index in [1.54, 1.807) is 31.2 Å². The minimum atomic E-state index is -0.437. The smallest absolute Gasteiger partial charge is 0.349 e. The number of anilines is 1. The van der Waals surface area contributed by atoms with Gasteiger partial charge in [0.2, 0.25) is 5.91 Å². The van der Waals surface area contributed by atoms with E-state index < -0.39 is 5.97 Å². The normalized spacial score (nSPS) is 10.5. The van der Waals surface area contributed by atoms with Crippen molar-refractivity contribution in [1.29, 1.82) is 0 Å². The summed E-state index contributed by atoms with van der Waals surface area (Å²) in [7, 11) is 0. The van der Waals surface area contributed by atoms with Gasteiger partial charge < -0.3 is 19.5 Å². The average molecular weight is 496 g/mol. The molecule has 2 aromatic carbocycles. The van der Waals surface area contributed by atoms with Crippen LogP contribution in [0, 0.1) is 0 Å². The lowest BCUT2D eigenvalue weighted by atomic mass is 10.1. The van der Waals surface area contributed by atoms with Gasteiger partial charge in [-0.2, -0.15) is 0 Å². The van der Waals surface area contributed by atoms with E-state index in [2.05, 4.69) is 5.32 Å². The fraction of sp³-hybridized carbons (Fsp3) is 0.296. The summed E-state index contributed by atoms with van der Waals surface area (Å²) in [5.74, 6) is 0.155. The van der Waals surface area contributed by atoms with Gasteiger partial charge in [0, 0.05) is 24.0 Å². The molecular weight excluding hydrogens is 466 g/mol. The summed E-state index contributed by atoms with van der Waals surface area (Å²) >= 11 is 1.15. The highest BCUT2D eigenvalue weighted by Crippen LogP contribution is 2.35. The largest absolute Gasteiger partial charge is 0.490 e. The van der Waals surface area contributed by atoms with Gasteiger partial charge in [-0.05, 0) is 50.6 Å². The Morgan fingerprint density at radius 3 is 2.23 bits per heavy atom. The molecule has 0 saturated carbocycles. The Labute approximate surface area is 209 Å². The number of Topliss-reactive ketones (excluding diaryl/α,β-unsaturated/α-hetero) is 1. The second kappa shape index (κ2) is 12.7. The quantitative estimate of drug-likeness (QED) is 0.245. The molecule has 3 aromatic rings. The Morgan fingerprint density at radius 2 is 1.54 bits per heavy atom. The van der Waals surface area contributed by atoms with Crippen LogP contribution in [0.1, 0.15) is 53.6 Å². The van der Waals surface area contributed by atoms with Crippen LogP contribution in [0.3, 0.4) is 0 Å². The fourth-order valence-corrected chi connectivity index (χ4v) is 4.42. The lowest BCUT2D eigenvalue weighted by Crippen LogP contribution is -2.13. The third kappa shape index (κ3) is 6.93. The zero-order valence-corrected chi connectivity index (χ0v) is 20.9. The molecule has 0 spiro atoms. The van der Waals surface area contributed by atoms with Gasteiger partial charge in [-0.1, -0.05) is 30.3 Å². The molecule has 1 N–H and O–H groups in total. The van der Waals surface area contributed by atoms with Crippen molar-refractivity contribution in [2.45, 2.75) is 33.6 Å². The van der Waals surface area contributed by atoms with Crippen LogP contribution >= 0.6 is 11.3 Å². The number of carbonyl (C=O) groups excluding carboxylic acids is 3. The number of hydrogen-bond acceptors (Lipinski definition) is 7. The van der Waals surface area contributed by atoms with Crippen LogP contribution in [-0.2, 0) is 9.53 Å². The minimum absolute atomic E-state index is 0.00330. The predicted molar refractivity (Wildman–Crippen MR) is 137 cm³/mol. The second-order valence-corrected chi connectivity index (χ2v) is 8.49. The van der Waals surface area contributed by atoms with Crippen molar-refractivity contribution in [3.8, 4) is 22.6 Å². The van der Waals surface area contributed by atoms with Crippen LogP contribution in [0.25, 0.3) is 11.1 Å². The first-order valence-electron chi connectivity index (χ1n) is 11.6. The van der Waals surface area contributed by atoms with Crippen molar-refractivity contribution in [1.82, 2.24) is 0 Å². The summed E-state index contributed by atoms with van der Waals surface area (Å²) in [5.41, 5.74) is 2.00. The van der Waals surface area contributed by atoms with Gasteiger partial charge in [-0.25, -0.2) is 4.79 Å². The van der Waals surface area contributed by atoms with E-state index in [1.807, 2.05) is 44.2 Å². The molecule has 1 aromatic heterocycles. The summed E-state index contributed by atoms with van der Waals surface area (Å²) in [6.45, 7) is 6.66. The van der Waals surface area contributed by atoms with Crippen molar-refractivity contribution in [2.75, 3.05) is 25.1 Å². The maximum atomic E-state index is 12.7. The Bertz CT molecular complexity index is 1170. The van der Waals surface area contributed by atoms with E-state index in [4.69, 9.17) is 14.2 Å². The lowest BCUT2D eigenvalue weighted by molar-refractivity contribution is -0.116. The molecule has 1 heterocycles. The van der Waals surface area contributed by atoms with E-state index in [0.717, 1.165) is 16.9 Å². The highest BCUT2D eigenvalue weighted by atomic mass is 32.1. The number of ether oxygens (including phenoxy) is 3. The first-order valence-corrected chi connectivity index (χ1v) is 12.4. The molecule has 7 nitrogen and oxygen atoms in total. The summed E-state index contributed by atoms with van der Waals surface area (Å²) in [4.78, 5) is 38.2. The molecule has 0 aliphatic rings. The summed E-state index contributed by atoms with van der Waals surface area (Å²) in [5, 5.41) is 3.33. The number of ketones is 1. The van der Waals surface area contributed by atoms with Crippen molar-refractivity contribution in [3.05, 3.63) is 65.0 Å². The van der Waals surface area contributed by atoms with Crippen LogP contribution in [-0.4, -0.2) is 37.5 Å². The van der Waals surface area contributed by atoms with Crippen LogP contribution < -0.4 is 14.8 Å². The zero-order chi connectivity index (χ0) is 25.2. The van der Waals surface area contributed by atoms with Crippen molar-refractivity contribution in [2.24, 2.45) is 0 Å². The number of esters is 1. The fourth-order valence-electron chi connectivity index (χ4n) is 3.43. The lowest BCUT2D eigenvalue weighted by Gasteiger charge is -2.12. The van der Waals surface area contributed by atoms with E-state index in [0.29, 0.717) is 45.7 Å². The highest BCUT2D eigenvalue weighted by molar-refractivity contribution is 7.18. The Kier molecular flexibility index (Phi) is 9.43. The topological polar surface area (TPSA) is 90.9 Å². The summed E-state index contributed by atoms with van der Waals surface area (Å²) < 4.78 is 16.3. The number of rotatable bonds is 12. The van der Waals surface area contributed by atoms with Gasteiger partial charge in [0.25, 0.3) is 0 Å². The van der Waals surface area contributed by atoms with E-state index in [9.17, 15) is 14.4 Å². The monoisotopic (exact) mass is 495 g/mol. The Hall–Kier alpha value is -3.65. The van der Waals surface area contributed by atoms with Gasteiger partial charge in [0.05, 0.1) is 24.8 Å². The summed E-state index contributed by atoms with van der Waals surface area (Å²) in [6, 6.07) is 16.2. The maximum Gasteiger partial charge on any atom is 0.349 e. The number of thiophene rings is 1. The number of hydrogen-bond donors (Lipinski definition) is 1.